The fraction of sp³-hybridized carbons (Fsp3) is 0.275. The van der Waals surface area contributed by atoms with Crippen molar-refractivity contribution >= 4 is 54.6 Å². The molecule has 0 radical (unpaired) electrons. The number of pyridine rings is 6. The van der Waals surface area contributed by atoms with Crippen molar-refractivity contribution in [1.82, 2.24) is 4.98 Å². The molecule has 0 N–H and O–H groups in total. The zero-order valence-electron chi connectivity index (χ0n) is 68.1. The molecule has 6 heteroatoms. The summed E-state index contributed by atoms with van der Waals surface area (Å²) in [7, 11) is 10.8. The van der Waals surface area contributed by atoms with Crippen molar-refractivity contribution in [3.8, 4) is 56.3 Å². The van der Waals surface area contributed by atoms with Crippen LogP contribution in [0.2, 0.25) is 0 Å². The predicted molar refractivity (Wildman–Crippen MR) is 458 cm³/mol. The molecular formula is C102H115N6+5. The van der Waals surface area contributed by atoms with Crippen molar-refractivity contribution in [3.63, 3.8) is 0 Å². The molecular weight excluding hydrogens is 1310 g/mol. The molecule has 15 rings (SSSR count). The third kappa shape index (κ3) is 17.7. The van der Waals surface area contributed by atoms with E-state index in [0.29, 0.717) is 29.6 Å². The maximum Gasteiger partial charge on any atom is 0.231 e. The van der Waals surface area contributed by atoms with Crippen LogP contribution in [0, 0.1) is 52.4 Å². The predicted octanol–water partition coefficient (Wildman–Crippen LogP) is 23.4. The first kappa shape index (κ1) is 78.3. The minimum atomic E-state index is 0.540. The van der Waals surface area contributed by atoms with E-state index in [9.17, 15) is 0 Å². The number of benzene rings is 9. The quantitative estimate of drug-likeness (QED) is 0.106. The Morgan fingerprint density at radius 3 is 0.824 bits per heavy atom. The maximum atomic E-state index is 4.63. The largest absolute Gasteiger partial charge is 0.250 e. The van der Waals surface area contributed by atoms with Crippen LogP contribution in [-0.2, 0) is 54.5 Å². The van der Waals surface area contributed by atoms with Gasteiger partial charge in [0, 0.05) is 116 Å². The van der Waals surface area contributed by atoms with Gasteiger partial charge in [0.1, 0.15) is 40.8 Å². The lowest BCUT2D eigenvalue weighted by atomic mass is 9.96. The van der Waals surface area contributed by atoms with Crippen LogP contribution in [0.4, 0.5) is 0 Å². The van der Waals surface area contributed by atoms with E-state index in [0.717, 1.165) is 24.8 Å². The summed E-state index contributed by atoms with van der Waals surface area (Å²) in [6.45, 7) is 33.5. The number of aryl methyl sites for hydroxylation is 10. The Bertz CT molecular complexity index is 5310. The second-order valence-electron chi connectivity index (χ2n) is 31.6. The second kappa shape index (κ2) is 35.3. The Morgan fingerprint density at radius 2 is 0.528 bits per heavy atom. The van der Waals surface area contributed by atoms with Gasteiger partial charge in [0.15, 0.2) is 0 Å². The van der Waals surface area contributed by atoms with Crippen molar-refractivity contribution in [1.29, 1.82) is 0 Å². The molecule has 0 fully saturated rings. The summed E-state index contributed by atoms with van der Waals surface area (Å²) in [6.07, 6.45) is 5.33. The summed E-state index contributed by atoms with van der Waals surface area (Å²) >= 11 is 0. The second-order valence-corrected chi connectivity index (χ2v) is 31.6. The summed E-state index contributed by atoms with van der Waals surface area (Å²) in [5.41, 5.74) is 33.8. The molecule has 6 aromatic heterocycles. The number of rotatable bonds is 13. The molecule has 0 atom stereocenters. The first-order chi connectivity index (χ1) is 51.9. The molecule has 0 saturated carbocycles. The average Bonchev–Trinajstić information content (AvgIpc) is 0.790. The van der Waals surface area contributed by atoms with E-state index in [1.165, 1.54) is 161 Å². The number of nitrogens with zero attached hydrogens (tertiary/aromatic N) is 6. The normalized spacial score (nSPS) is 11.3. The molecule has 108 heavy (non-hydrogen) atoms. The molecule has 0 spiro atoms. The lowest BCUT2D eigenvalue weighted by Gasteiger charge is -2.11. The van der Waals surface area contributed by atoms with Crippen LogP contribution < -0.4 is 22.8 Å². The van der Waals surface area contributed by atoms with Crippen LogP contribution in [-0.4, -0.2) is 4.98 Å². The highest BCUT2D eigenvalue weighted by Gasteiger charge is 2.24. The van der Waals surface area contributed by atoms with Gasteiger partial charge in [-0.15, -0.1) is 0 Å². The highest BCUT2D eigenvalue weighted by molar-refractivity contribution is 5.85. The van der Waals surface area contributed by atoms with E-state index in [1.54, 1.807) is 0 Å². The van der Waals surface area contributed by atoms with Gasteiger partial charge in [-0.05, 0) is 200 Å². The van der Waals surface area contributed by atoms with Gasteiger partial charge in [0.2, 0.25) is 56.1 Å². The molecule has 0 saturated heterocycles. The van der Waals surface area contributed by atoms with Crippen molar-refractivity contribution in [2.24, 2.45) is 53.0 Å². The number of hydrogen-bond donors (Lipinski definition) is 0. The summed E-state index contributed by atoms with van der Waals surface area (Å²) in [5.74, 6) is 3.07. The molecule has 6 heterocycles. The molecule has 9 aromatic carbocycles. The molecule has 0 bridgehead atoms. The molecule has 0 aliphatic rings. The minimum absolute atomic E-state index is 0.540. The van der Waals surface area contributed by atoms with Gasteiger partial charge in [-0.25, -0.2) is 4.98 Å². The van der Waals surface area contributed by atoms with Crippen molar-refractivity contribution in [2.45, 2.75) is 135 Å². The van der Waals surface area contributed by atoms with E-state index >= 15 is 0 Å². The van der Waals surface area contributed by atoms with Crippen molar-refractivity contribution in [2.75, 3.05) is 0 Å². The Balaban J connectivity index is 0.000000134. The monoisotopic (exact) mass is 1420 g/mol. The van der Waals surface area contributed by atoms with Crippen LogP contribution in [0.3, 0.4) is 0 Å². The van der Waals surface area contributed by atoms with E-state index in [1.807, 2.05) is 6.20 Å². The molecule has 0 amide bonds. The lowest BCUT2D eigenvalue weighted by molar-refractivity contribution is -0.633. The van der Waals surface area contributed by atoms with Gasteiger partial charge in [-0.2, -0.15) is 22.8 Å². The third-order valence-corrected chi connectivity index (χ3v) is 21.4. The van der Waals surface area contributed by atoms with Crippen LogP contribution in [0.5, 0.6) is 0 Å². The number of fused-ring (bicyclic) bond motifs is 5. The van der Waals surface area contributed by atoms with Crippen LogP contribution in [0.1, 0.15) is 137 Å². The molecule has 548 valence electrons. The van der Waals surface area contributed by atoms with Gasteiger partial charge >= 0.3 is 0 Å². The van der Waals surface area contributed by atoms with Gasteiger partial charge in [-0.3, -0.25) is 0 Å². The first-order valence-electron chi connectivity index (χ1n) is 39.1. The summed E-state index contributed by atoms with van der Waals surface area (Å²) in [4.78, 5) is 4.63. The Kier molecular flexibility index (Phi) is 25.6. The third-order valence-electron chi connectivity index (χ3n) is 21.4. The molecule has 0 unspecified atom stereocenters. The van der Waals surface area contributed by atoms with Crippen molar-refractivity contribution in [3.05, 3.63) is 323 Å². The molecule has 6 nitrogen and oxygen atoms in total. The smallest absolute Gasteiger partial charge is 0.231 e. The average molecular weight is 1430 g/mol. The number of hydrogen-bond acceptors (Lipinski definition) is 1. The SMILES string of the molecule is Cc1ccccc1-c1ccc2c(C(C)C)cccc2[n+]1C.Cc1ccccc1-c1ccc2c(C(C)C)cccc2[n+]1C.Cc1ccccc1-c1ccc2c(CC(C)C)cccc2[n+]1C.Cc1ccccc1-c1ccc2c(CC(C)C)cccc2[n+]1C.Cc1ccccc1-c1ccc2ncc(CC(C)C)cc2[n+]1C. The highest BCUT2D eigenvalue weighted by atomic mass is 15.0. The topological polar surface area (TPSA) is 32.3 Å². The summed E-state index contributed by atoms with van der Waals surface area (Å²) in [6, 6.07) is 94.1. The zero-order valence-corrected chi connectivity index (χ0v) is 68.1. The Hall–Kier alpha value is -10.8. The maximum absolute atomic E-state index is 4.63. The summed E-state index contributed by atoms with van der Waals surface area (Å²) < 4.78 is 11.5. The Morgan fingerprint density at radius 1 is 0.259 bits per heavy atom. The standard InChI is InChI=1S/2C21H24N.C20H23N2.2C20H22N/c2*1-15(2)14-17-9-7-11-20-19(17)12-13-21(22(20)4)18-10-6-5-8-16(18)3;1-14(2)11-16-12-20-18(21-13-16)9-10-19(22(20)4)17-8-6-5-7-15(17)3;2*1-14(2)16-10-7-11-19-18(16)12-13-20(21(19)4)17-9-6-5-8-15(17)3/h2*5-13,15H,14H2,1-4H3;5-10,12-14H,11H2,1-4H3;2*5-14H,1-4H3/q5*+1. The molecule has 15 aromatic rings. The molecule has 0 aliphatic carbocycles. The zero-order chi connectivity index (χ0) is 77.0. The number of aromatic nitrogens is 6. The molecule has 0 aliphatic heterocycles. The minimum Gasteiger partial charge on any atom is -0.250 e. The van der Waals surface area contributed by atoms with Crippen LogP contribution in [0.15, 0.2) is 267 Å². The van der Waals surface area contributed by atoms with E-state index < -0.39 is 0 Å². The first-order valence-corrected chi connectivity index (χ1v) is 39.1. The van der Waals surface area contributed by atoms with Crippen molar-refractivity contribution < 1.29 is 22.8 Å². The lowest BCUT2D eigenvalue weighted by Crippen LogP contribution is -2.32. The van der Waals surface area contributed by atoms with E-state index in [4.69, 9.17) is 0 Å². The van der Waals surface area contributed by atoms with E-state index in [-0.39, 0.29) is 0 Å². The summed E-state index contributed by atoms with van der Waals surface area (Å²) in [5, 5.41) is 5.45. The fourth-order valence-corrected chi connectivity index (χ4v) is 15.7. The van der Waals surface area contributed by atoms with Gasteiger partial charge < -0.3 is 0 Å². The van der Waals surface area contributed by atoms with Crippen LogP contribution in [0.25, 0.3) is 111 Å². The van der Waals surface area contributed by atoms with Gasteiger partial charge in [0.05, 0.1) is 0 Å². The van der Waals surface area contributed by atoms with Crippen LogP contribution >= 0.6 is 0 Å². The Labute approximate surface area is 645 Å². The van der Waals surface area contributed by atoms with Gasteiger partial charge in [-0.1, -0.05) is 209 Å². The fourth-order valence-electron chi connectivity index (χ4n) is 15.7. The van der Waals surface area contributed by atoms with Gasteiger partial charge in [0.25, 0.3) is 0 Å². The van der Waals surface area contributed by atoms with E-state index in [2.05, 4.69) is 428 Å². The highest BCUT2D eigenvalue weighted by Crippen LogP contribution is 2.32.